The van der Waals surface area contributed by atoms with E-state index < -0.39 is 24.0 Å². The Morgan fingerprint density at radius 3 is 2.42 bits per heavy atom. The largest absolute Gasteiger partial charge is 0.432 e. The Labute approximate surface area is 106 Å². The Balaban J connectivity index is 2.33. The molecule has 0 N–H and O–H groups in total. The van der Waals surface area contributed by atoms with E-state index in [1.165, 1.54) is 30.6 Å². The van der Waals surface area contributed by atoms with Crippen LogP contribution in [-0.2, 0) is 0 Å². The molecule has 0 saturated heterocycles. The van der Waals surface area contributed by atoms with Crippen molar-refractivity contribution in [2.45, 2.75) is 6.61 Å². The van der Waals surface area contributed by atoms with Crippen LogP contribution in [0.25, 0.3) is 0 Å². The second kappa shape index (κ2) is 5.51. The number of pyridine rings is 1. The van der Waals surface area contributed by atoms with Crippen LogP contribution in [0, 0.1) is 5.82 Å². The van der Waals surface area contributed by atoms with Gasteiger partial charge in [0.15, 0.2) is 17.3 Å². The molecule has 0 aliphatic rings. The fraction of sp³-hybridized carbons (Fsp3) is 0.0769. The predicted molar refractivity (Wildman–Crippen MR) is 60.7 cm³/mol. The van der Waals surface area contributed by atoms with Gasteiger partial charge >= 0.3 is 6.61 Å². The minimum absolute atomic E-state index is 0.0586. The summed E-state index contributed by atoms with van der Waals surface area (Å²) >= 11 is 0. The summed E-state index contributed by atoms with van der Waals surface area (Å²) in [6.07, 6.45) is 2.85. The number of carbonyl (C=O) groups is 1. The van der Waals surface area contributed by atoms with E-state index in [0.717, 1.165) is 12.1 Å². The Morgan fingerprint density at radius 1 is 1.11 bits per heavy atom. The Kier molecular flexibility index (Phi) is 3.79. The summed E-state index contributed by atoms with van der Waals surface area (Å²) in [4.78, 5) is 15.8. The molecule has 0 radical (unpaired) electrons. The van der Waals surface area contributed by atoms with Gasteiger partial charge in [-0.3, -0.25) is 9.78 Å². The minimum atomic E-state index is -3.15. The van der Waals surface area contributed by atoms with Crippen LogP contribution >= 0.6 is 0 Å². The third kappa shape index (κ3) is 3.09. The van der Waals surface area contributed by atoms with E-state index in [1.54, 1.807) is 0 Å². The number of halogens is 3. The number of benzene rings is 1. The van der Waals surface area contributed by atoms with E-state index in [-0.39, 0.29) is 5.56 Å². The van der Waals surface area contributed by atoms with E-state index in [0.29, 0.717) is 5.56 Å². The molecule has 3 nitrogen and oxygen atoms in total. The second-order valence-electron chi connectivity index (χ2n) is 3.59. The zero-order chi connectivity index (χ0) is 13.8. The van der Waals surface area contributed by atoms with Crippen LogP contribution in [0.1, 0.15) is 15.9 Å². The summed E-state index contributed by atoms with van der Waals surface area (Å²) in [6, 6.07) is 6.01. The third-order valence-corrected chi connectivity index (χ3v) is 2.35. The molecule has 0 aliphatic heterocycles. The smallest absolute Gasteiger partial charge is 0.387 e. The Morgan fingerprint density at radius 2 is 1.79 bits per heavy atom. The van der Waals surface area contributed by atoms with Crippen molar-refractivity contribution in [2.75, 3.05) is 0 Å². The monoisotopic (exact) mass is 267 g/mol. The minimum Gasteiger partial charge on any atom is -0.432 e. The first kappa shape index (κ1) is 13.1. The zero-order valence-corrected chi connectivity index (χ0v) is 9.52. The van der Waals surface area contributed by atoms with Gasteiger partial charge in [-0.15, -0.1) is 0 Å². The predicted octanol–water partition coefficient (Wildman–Crippen LogP) is 3.05. The van der Waals surface area contributed by atoms with E-state index >= 15 is 0 Å². The van der Waals surface area contributed by atoms with Crippen LogP contribution in [0.2, 0.25) is 0 Å². The van der Waals surface area contributed by atoms with Crippen molar-refractivity contribution in [3.8, 4) is 5.75 Å². The molecule has 0 atom stereocenters. The lowest BCUT2D eigenvalue weighted by Crippen LogP contribution is -2.06. The van der Waals surface area contributed by atoms with Gasteiger partial charge in [-0.1, -0.05) is 0 Å². The van der Waals surface area contributed by atoms with Gasteiger partial charge in [0.25, 0.3) is 0 Å². The maximum absolute atomic E-state index is 13.2. The average molecular weight is 267 g/mol. The summed E-state index contributed by atoms with van der Waals surface area (Å²) in [5.74, 6) is -2.04. The molecule has 98 valence electrons. The van der Waals surface area contributed by atoms with Crippen LogP contribution in [0.3, 0.4) is 0 Å². The molecule has 2 rings (SSSR count). The quantitative estimate of drug-likeness (QED) is 0.799. The fourth-order valence-electron chi connectivity index (χ4n) is 1.50. The van der Waals surface area contributed by atoms with Crippen molar-refractivity contribution in [1.82, 2.24) is 4.98 Å². The summed E-state index contributed by atoms with van der Waals surface area (Å²) in [5.41, 5.74) is 0.382. The topological polar surface area (TPSA) is 39.2 Å². The van der Waals surface area contributed by atoms with Gasteiger partial charge in [-0.2, -0.15) is 8.78 Å². The summed E-state index contributed by atoms with van der Waals surface area (Å²) in [7, 11) is 0. The Bertz CT molecular complexity index is 588. The summed E-state index contributed by atoms with van der Waals surface area (Å²) in [6.45, 7) is -3.15. The van der Waals surface area contributed by atoms with E-state index in [2.05, 4.69) is 9.72 Å². The number of rotatable bonds is 4. The third-order valence-electron chi connectivity index (χ3n) is 2.35. The lowest BCUT2D eigenvalue weighted by atomic mass is 10.0. The molecule has 0 spiro atoms. The Hall–Kier alpha value is -2.37. The summed E-state index contributed by atoms with van der Waals surface area (Å²) in [5, 5.41) is 0. The van der Waals surface area contributed by atoms with Crippen molar-refractivity contribution < 1.29 is 22.7 Å². The van der Waals surface area contributed by atoms with Crippen molar-refractivity contribution in [3.63, 3.8) is 0 Å². The first-order chi connectivity index (χ1) is 9.08. The number of ether oxygens (including phenoxy) is 1. The van der Waals surface area contributed by atoms with Crippen LogP contribution in [0.15, 0.2) is 42.7 Å². The normalized spacial score (nSPS) is 10.5. The maximum Gasteiger partial charge on any atom is 0.387 e. The molecule has 1 aromatic heterocycles. The molecule has 19 heavy (non-hydrogen) atoms. The van der Waals surface area contributed by atoms with Crippen LogP contribution in [-0.4, -0.2) is 17.4 Å². The second-order valence-corrected chi connectivity index (χ2v) is 3.59. The standard InChI is InChI=1S/C13H8F3NO2/c14-10-2-1-9(7-11(10)19-13(15)16)12(18)8-3-5-17-6-4-8/h1-7,13H. The van der Waals surface area contributed by atoms with Gasteiger partial charge in [0.1, 0.15) is 0 Å². The number of carbonyl (C=O) groups excluding carboxylic acids is 1. The van der Waals surface area contributed by atoms with Crippen LogP contribution < -0.4 is 4.74 Å². The number of alkyl halides is 2. The molecule has 1 heterocycles. The number of hydrogen-bond acceptors (Lipinski definition) is 3. The van der Waals surface area contributed by atoms with Crippen LogP contribution in [0.5, 0.6) is 5.75 Å². The SMILES string of the molecule is O=C(c1ccncc1)c1ccc(F)c(OC(F)F)c1. The molecular weight excluding hydrogens is 259 g/mol. The van der Waals surface area contributed by atoms with Gasteiger partial charge < -0.3 is 4.74 Å². The number of hydrogen-bond donors (Lipinski definition) is 0. The number of aromatic nitrogens is 1. The first-order valence-electron chi connectivity index (χ1n) is 5.27. The lowest BCUT2D eigenvalue weighted by molar-refractivity contribution is -0.0522. The van der Waals surface area contributed by atoms with Crippen molar-refractivity contribution in [2.24, 2.45) is 0 Å². The molecule has 0 fully saturated rings. The van der Waals surface area contributed by atoms with Gasteiger partial charge in [0, 0.05) is 23.5 Å². The molecule has 0 saturated carbocycles. The van der Waals surface area contributed by atoms with E-state index in [9.17, 15) is 18.0 Å². The fourth-order valence-corrected chi connectivity index (χ4v) is 1.50. The molecule has 0 amide bonds. The van der Waals surface area contributed by atoms with Crippen molar-refractivity contribution in [1.29, 1.82) is 0 Å². The number of ketones is 1. The molecule has 2 aromatic rings. The van der Waals surface area contributed by atoms with Gasteiger partial charge in [0.2, 0.25) is 0 Å². The van der Waals surface area contributed by atoms with Crippen LogP contribution in [0.4, 0.5) is 13.2 Å². The van der Waals surface area contributed by atoms with Crippen molar-refractivity contribution >= 4 is 5.78 Å². The molecule has 1 aromatic carbocycles. The highest BCUT2D eigenvalue weighted by Gasteiger charge is 2.15. The van der Waals surface area contributed by atoms with Gasteiger partial charge in [-0.05, 0) is 30.3 Å². The maximum atomic E-state index is 13.2. The van der Waals surface area contributed by atoms with Gasteiger partial charge in [0.05, 0.1) is 0 Å². The molecule has 0 unspecified atom stereocenters. The molecular formula is C13H8F3NO2. The van der Waals surface area contributed by atoms with Gasteiger partial charge in [-0.25, -0.2) is 4.39 Å². The highest BCUT2D eigenvalue weighted by atomic mass is 19.3. The number of nitrogens with zero attached hydrogens (tertiary/aromatic N) is 1. The first-order valence-corrected chi connectivity index (χ1v) is 5.27. The summed E-state index contributed by atoms with van der Waals surface area (Å²) < 4.78 is 41.4. The molecule has 6 heteroatoms. The molecule has 0 bridgehead atoms. The van der Waals surface area contributed by atoms with E-state index in [1.807, 2.05) is 0 Å². The average Bonchev–Trinajstić information content (AvgIpc) is 2.41. The van der Waals surface area contributed by atoms with E-state index in [4.69, 9.17) is 0 Å². The van der Waals surface area contributed by atoms with Crippen molar-refractivity contribution in [3.05, 3.63) is 59.7 Å². The highest BCUT2D eigenvalue weighted by Crippen LogP contribution is 2.22. The lowest BCUT2D eigenvalue weighted by Gasteiger charge is -2.07. The zero-order valence-electron chi connectivity index (χ0n) is 9.52. The molecule has 0 aliphatic carbocycles. The highest BCUT2D eigenvalue weighted by molar-refractivity contribution is 6.09.